The molecule has 24 heavy (non-hydrogen) atoms. The number of benzene rings is 2. The number of hydrogen-bond donors (Lipinski definition) is 1. The van der Waals surface area contributed by atoms with Crippen molar-refractivity contribution in [1.29, 1.82) is 0 Å². The van der Waals surface area contributed by atoms with Crippen molar-refractivity contribution >= 4 is 28.3 Å². The lowest BCUT2D eigenvalue weighted by Crippen LogP contribution is -2.43. The number of aliphatic hydroxyl groups is 1. The quantitative estimate of drug-likeness (QED) is 0.674. The first-order valence-corrected chi connectivity index (χ1v) is 8.00. The van der Waals surface area contributed by atoms with E-state index >= 15 is 0 Å². The highest BCUT2D eigenvalue weighted by Crippen LogP contribution is 2.52. The van der Waals surface area contributed by atoms with Crippen LogP contribution in [0.3, 0.4) is 0 Å². The Labute approximate surface area is 138 Å². The molecule has 0 aliphatic carbocycles. The van der Waals surface area contributed by atoms with E-state index in [9.17, 15) is 14.7 Å². The Balaban J connectivity index is 1.67. The fourth-order valence-corrected chi connectivity index (χ4v) is 4.32. The molecule has 2 saturated heterocycles. The molecule has 2 bridgehead atoms. The first kappa shape index (κ1) is 13.9. The average molecular weight is 321 g/mol. The molecule has 2 aromatic carbocycles. The van der Waals surface area contributed by atoms with Crippen LogP contribution in [-0.2, 0) is 14.3 Å². The Morgan fingerprint density at radius 1 is 1.08 bits per heavy atom. The largest absolute Gasteiger partial charge is 0.393 e. The molecule has 3 heterocycles. The van der Waals surface area contributed by atoms with Crippen molar-refractivity contribution in [2.24, 2.45) is 11.8 Å². The second-order valence-electron chi connectivity index (χ2n) is 6.57. The number of amides is 2. The second kappa shape index (κ2) is 4.53. The zero-order valence-electron chi connectivity index (χ0n) is 12.8. The molecule has 4 atom stereocenters. The van der Waals surface area contributed by atoms with Gasteiger partial charge in [0.15, 0.2) is 0 Å². The van der Waals surface area contributed by atoms with Crippen LogP contribution in [-0.4, -0.2) is 35.2 Å². The summed E-state index contributed by atoms with van der Waals surface area (Å²) in [7, 11) is 0. The minimum atomic E-state index is -1.05. The fraction of sp³-hybridized carbons (Fsp3) is 0.263. The van der Waals surface area contributed by atoms with Gasteiger partial charge in [-0.25, -0.2) is 4.90 Å². The molecular weight excluding hydrogens is 306 g/mol. The molecule has 5 nitrogen and oxygen atoms in total. The number of carbonyl (C=O) groups excluding carboxylic acids is 2. The molecule has 0 spiro atoms. The van der Waals surface area contributed by atoms with Crippen LogP contribution >= 0.6 is 0 Å². The molecule has 1 N–H and O–H groups in total. The number of anilines is 1. The molecule has 120 valence electrons. The van der Waals surface area contributed by atoms with Crippen molar-refractivity contribution in [3.63, 3.8) is 0 Å². The van der Waals surface area contributed by atoms with Gasteiger partial charge in [-0.1, -0.05) is 48.6 Å². The van der Waals surface area contributed by atoms with Crippen LogP contribution in [0.2, 0.25) is 0 Å². The van der Waals surface area contributed by atoms with Crippen LogP contribution in [0.25, 0.3) is 10.8 Å². The van der Waals surface area contributed by atoms with Gasteiger partial charge in [-0.2, -0.15) is 0 Å². The van der Waals surface area contributed by atoms with Gasteiger partial charge >= 0.3 is 0 Å². The summed E-state index contributed by atoms with van der Waals surface area (Å²) in [5.41, 5.74) is -0.452. The predicted molar refractivity (Wildman–Crippen MR) is 87.3 cm³/mol. The molecule has 2 aromatic rings. The van der Waals surface area contributed by atoms with Crippen LogP contribution in [0.1, 0.15) is 0 Å². The first-order valence-electron chi connectivity index (χ1n) is 8.00. The van der Waals surface area contributed by atoms with Crippen molar-refractivity contribution in [2.45, 2.75) is 11.7 Å². The Morgan fingerprint density at radius 3 is 2.71 bits per heavy atom. The van der Waals surface area contributed by atoms with E-state index in [1.807, 2.05) is 36.4 Å². The summed E-state index contributed by atoms with van der Waals surface area (Å²) in [6.07, 6.45) is 3.09. The Kier molecular flexibility index (Phi) is 2.62. The van der Waals surface area contributed by atoms with Gasteiger partial charge in [0.1, 0.15) is 5.60 Å². The molecule has 0 saturated carbocycles. The third-order valence-electron chi connectivity index (χ3n) is 5.41. The average Bonchev–Trinajstić information content (AvgIpc) is 3.26. The van der Waals surface area contributed by atoms with E-state index in [1.54, 1.807) is 18.2 Å². The summed E-state index contributed by atoms with van der Waals surface area (Å²) in [4.78, 5) is 27.4. The molecular formula is C19H15NO4. The van der Waals surface area contributed by atoms with E-state index < -0.39 is 23.5 Å². The van der Waals surface area contributed by atoms with E-state index in [0.717, 1.165) is 10.8 Å². The van der Waals surface area contributed by atoms with Gasteiger partial charge in [0.2, 0.25) is 11.8 Å². The van der Waals surface area contributed by atoms with Crippen molar-refractivity contribution in [3.05, 3.63) is 54.6 Å². The van der Waals surface area contributed by atoms with Crippen LogP contribution in [0.5, 0.6) is 0 Å². The topological polar surface area (TPSA) is 66.8 Å². The third-order valence-corrected chi connectivity index (χ3v) is 5.41. The van der Waals surface area contributed by atoms with Crippen LogP contribution in [0.15, 0.2) is 54.6 Å². The lowest BCUT2D eigenvalue weighted by atomic mass is 9.77. The molecule has 0 radical (unpaired) electrons. The zero-order chi connectivity index (χ0) is 16.5. The Morgan fingerprint density at radius 2 is 1.88 bits per heavy atom. The standard InChI is InChI=1S/C19H15NO4/c21-10-19-9-8-14(24-19)15-16(19)18(23)20(17(15)22)13-7-3-5-11-4-1-2-6-12(11)13/h1-9,14-16,21H,10H2/t14-,15-,16-,19-/m0/s1. The van der Waals surface area contributed by atoms with Gasteiger partial charge in [0.05, 0.1) is 30.2 Å². The SMILES string of the molecule is O=C1[C@H]2[C@@H]3C=C[C@@](CO)(O3)[C@@H]2C(=O)N1c1cccc2ccccc12. The van der Waals surface area contributed by atoms with E-state index in [2.05, 4.69) is 0 Å². The minimum Gasteiger partial charge on any atom is -0.393 e. The molecule has 0 unspecified atom stereocenters. The lowest BCUT2D eigenvalue weighted by molar-refractivity contribution is -0.128. The molecule has 2 fully saturated rings. The normalized spacial score (nSPS) is 33.7. The van der Waals surface area contributed by atoms with E-state index in [-0.39, 0.29) is 18.4 Å². The van der Waals surface area contributed by atoms with Gasteiger partial charge in [-0.3, -0.25) is 9.59 Å². The second-order valence-corrected chi connectivity index (χ2v) is 6.57. The predicted octanol–water partition coefficient (Wildman–Crippen LogP) is 1.65. The summed E-state index contributed by atoms with van der Waals surface area (Å²) in [6.45, 7) is -0.302. The molecule has 5 heteroatoms. The lowest BCUT2D eigenvalue weighted by Gasteiger charge is -2.26. The Bertz CT molecular complexity index is 915. The van der Waals surface area contributed by atoms with Gasteiger partial charge < -0.3 is 9.84 Å². The maximum atomic E-state index is 13.1. The van der Waals surface area contributed by atoms with Gasteiger partial charge in [0.25, 0.3) is 0 Å². The number of fused-ring (bicyclic) bond motifs is 6. The number of hydrogen-bond acceptors (Lipinski definition) is 4. The first-order chi connectivity index (χ1) is 11.7. The Hall–Kier alpha value is -2.50. The number of rotatable bonds is 2. The highest BCUT2D eigenvalue weighted by molar-refractivity contribution is 6.26. The van der Waals surface area contributed by atoms with Crippen LogP contribution in [0, 0.1) is 11.8 Å². The number of carbonyl (C=O) groups is 2. The van der Waals surface area contributed by atoms with Gasteiger partial charge in [-0.05, 0) is 11.5 Å². The van der Waals surface area contributed by atoms with Crippen LogP contribution < -0.4 is 4.90 Å². The van der Waals surface area contributed by atoms with E-state index in [4.69, 9.17) is 4.74 Å². The minimum absolute atomic E-state index is 0.244. The van der Waals surface area contributed by atoms with Gasteiger partial charge in [0, 0.05) is 5.39 Å². The number of ether oxygens (including phenoxy) is 1. The van der Waals surface area contributed by atoms with Crippen molar-refractivity contribution < 1.29 is 19.4 Å². The zero-order valence-corrected chi connectivity index (χ0v) is 12.8. The van der Waals surface area contributed by atoms with Crippen molar-refractivity contribution in [2.75, 3.05) is 11.5 Å². The summed E-state index contributed by atoms with van der Waals surface area (Å²) >= 11 is 0. The smallest absolute Gasteiger partial charge is 0.241 e. The number of imide groups is 1. The monoisotopic (exact) mass is 321 g/mol. The fourth-order valence-electron chi connectivity index (χ4n) is 4.32. The third kappa shape index (κ3) is 1.51. The number of nitrogens with zero attached hydrogens (tertiary/aromatic N) is 1. The van der Waals surface area contributed by atoms with E-state index in [0.29, 0.717) is 5.69 Å². The summed E-state index contributed by atoms with van der Waals surface area (Å²) in [5, 5.41) is 11.6. The molecule has 5 rings (SSSR count). The molecule has 3 aliphatic rings. The van der Waals surface area contributed by atoms with Crippen molar-refractivity contribution in [3.8, 4) is 0 Å². The highest BCUT2D eigenvalue weighted by Gasteiger charge is 2.67. The number of aliphatic hydroxyl groups excluding tert-OH is 1. The maximum absolute atomic E-state index is 13.1. The summed E-state index contributed by atoms with van der Waals surface area (Å²) < 4.78 is 5.76. The molecule has 3 aliphatic heterocycles. The van der Waals surface area contributed by atoms with Crippen LogP contribution in [0.4, 0.5) is 5.69 Å². The van der Waals surface area contributed by atoms with E-state index in [1.165, 1.54) is 4.90 Å². The van der Waals surface area contributed by atoms with Gasteiger partial charge in [-0.15, -0.1) is 0 Å². The molecule has 2 amide bonds. The summed E-state index contributed by atoms with van der Waals surface area (Å²) in [6, 6.07) is 13.3. The molecule has 0 aromatic heterocycles. The maximum Gasteiger partial charge on any atom is 0.241 e. The summed E-state index contributed by atoms with van der Waals surface area (Å²) in [5.74, 6) is -1.73. The highest BCUT2D eigenvalue weighted by atomic mass is 16.5. The van der Waals surface area contributed by atoms with Crippen molar-refractivity contribution in [1.82, 2.24) is 0 Å².